The molecule has 0 aromatic rings. The Morgan fingerprint density at radius 3 is 1.27 bits per heavy atom. The molecule has 2 aliphatic heterocycles. The van der Waals surface area contributed by atoms with E-state index in [2.05, 4.69) is 0 Å². The highest BCUT2D eigenvalue weighted by molar-refractivity contribution is 6.03. The van der Waals surface area contributed by atoms with Gasteiger partial charge in [-0.3, -0.25) is 19.4 Å². The lowest BCUT2D eigenvalue weighted by Gasteiger charge is -2.33. The molecule has 6 amide bonds. The molecule has 0 aromatic heterocycles. The van der Waals surface area contributed by atoms with Gasteiger partial charge in [0.2, 0.25) is 0 Å². The highest BCUT2D eigenvalue weighted by atomic mass is 16.5. The van der Waals surface area contributed by atoms with Crippen molar-refractivity contribution in [1.82, 2.24) is 19.6 Å². The molecule has 2 fully saturated rings. The van der Waals surface area contributed by atoms with Crippen LogP contribution in [0.1, 0.15) is 86.5 Å². The minimum atomic E-state index is -0.490. The molecule has 2 rings (SSSR count). The number of nitrogens with zero attached hydrogens (tertiary/aromatic N) is 4. The molecule has 0 radical (unpaired) electrons. The number of amides is 6. The lowest BCUT2D eigenvalue weighted by molar-refractivity contribution is -0.130. The van der Waals surface area contributed by atoms with Crippen LogP contribution >= 0.6 is 0 Å². The van der Waals surface area contributed by atoms with Gasteiger partial charge in [-0.15, -0.1) is 0 Å². The average molecular weight is 525 g/mol. The summed E-state index contributed by atoms with van der Waals surface area (Å²) in [4.78, 5) is 55.4. The second kappa shape index (κ2) is 14.1. The van der Waals surface area contributed by atoms with Gasteiger partial charge < -0.3 is 19.3 Å². The third kappa shape index (κ3) is 8.40. The van der Waals surface area contributed by atoms with Crippen molar-refractivity contribution < 1.29 is 28.7 Å². The minimum Gasteiger partial charge on any atom is -0.381 e. The van der Waals surface area contributed by atoms with Gasteiger partial charge in [-0.05, 0) is 86.5 Å². The average Bonchev–Trinajstić information content (AvgIpc) is 3.30. The van der Waals surface area contributed by atoms with E-state index in [-0.39, 0.29) is 37.0 Å². The Bertz CT molecular complexity index is 736. The third-order valence-electron chi connectivity index (χ3n) is 7.28. The Labute approximate surface area is 222 Å². The molecule has 2 aliphatic rings. The van der Waals surface area contributed by atoms with Crippen LogP contribution in [0, 0.1) is 0 Å². The van der Waals surface area contributed by atoms with Crippen LogP contribution in [-0.2, 0) is 19.1 Å². The topological polar surface area (TPSA) is 99.7 Å². The molecule has 37 heavy (non-hydrogen) atoms. The van der Waals surface area contributed by atoms with Gasteiger partial charge in [0.25, 0.3) is 11.8 Å². The van der Waals surface area contributed by atoms with Crippen LogP contribution in [0.4, 0.5) is 9.59 Å². The predicted octanol–water partition coefficient (Wildman–Crippen LogP) is 3.88. The lowest BCUT2D eigenvalue weighted by atomic mass is 9.95. The minimum absolute atomic E-state index is 0.114. The van der Waals surface area contributed by atoms with Crippen LogP contribution in [-0.4, -0.2) is 107 Å². The van der Waals surface area contributed by atoms with Crippen molar-refractivity contribution in [3.63, 3.8) is 0 Å². The zero-order valence-electron chi connectivity index (χ0n) is 23.8. The third-order valence-corrected chi connectivity index (χ3v) is 7.28. The van der Waals surface area contributed by atoms with E-state index >= 15 is 0 Å². The SMILES string of the molecule is CCN1CC(=O)N(C(C)(C)CCCCOCCCOCCCCC(C)(C)N2C(=O)CN(CC)C2=O)C1=O. The van der Waals surface area contributed by atoms with Crippen molar-refractivity contribution >= 4 is 23.9 Å². The Morgan fingerprint density at radius 2 is 0.946 bits per heavy atom. The number of likely N-dealkylation sites (N-methyl/N-ethyl adjacent to an activating group) is 2. The van der Waals surface area contributed by atoms with Crippen LogP contribution in [0.25, 0.3) is 0 Å². The van der Waals surface area contributed by atoms with Crippen molar-refractivity contribution in [2.45, 2.75) is 97.6 Å². The molecule has 0 N–H and O–H groups in total. The Balaban J connectivity index is 1.47. The molecule has 2 heterocycles. The summed E-state index contributed by atoms with van der Waals surface area (Å²) in [5, 5.41) is 0. The number of carbonyl (C=O) groups is 4. The number of ether oxygens (including phenoxy) is 2. The van der Waals surface area contributed by atoms with Gasteiger partial charge in [0.15, 0.2) is 0 Å². The molecule has 212 valence electrons. The number of urea groups is 2. The van der Waals surface area contributed by atoms with E-state index in [4.69, 9.17) is 9.47 Å². The molecule has 0 unspecified atom stereocenters. The summed E-state index contributed by atoms with van der Waals surface area (Å²) in [6, 6.07) is -0.366. The Hall–Kier alpha value is -2.20. The van der Waals surface area contributed by atoms with E-state index < -0.39 is 11.1 Å². The number of imide groups is 2. The van der Waals surface area contributed by atoms with Gasteiger partial charge in [0.05, 0.1) is 0 Å². The second-order valence-corrected chi connectivity index (χ2v) is 11.2. The summed E-state index contributed by atoms with van der Waals surface area (Å²) in [6.07, 6.45) is 5.86. The first-order chi connectivity index (χ1) is 17.5. The molecule has 0 atom stereocenters. The zero-order valence-corrected chi connectivity index (χ0v) is 23.8. The van der Waals surface area contributed by atoms with Crippen molar-refractivity contribution in [2.24, 2.45) is 0 Å². The number of carbonyl (C=O) groups excluding carboxylic acids is 4. The molecular weight excluding hydrogens is 476 g/mol. The normalized spacial score (nSPS) is 17.2. The van der Waals surface area contributed by atoms with Crippen molar-refractivity contribution in [3.8, 4) is 0 Å². The molecule has 2 saturated heterocycles. The number of unbranched alkanes of at least 4 members (excludes halogenated alkanes) is 2. The molecular formula is C27H48N4O6. The van der Waals surface area contributed by atoms with E-state index in [0.717, 1.165) is 44.9 Å². The van der Waals surface area contributed by atoms with Crippen molar-refractivity contribution in [3.05, 3.63) is 0 Å². The van der Waals surface area contributed by atoms with E-state index in [1.54, 1.807) is 9.80 Å². The maximum atomic E-state index is 12.4. The van der Waals surface area contributed by atoms with E-state index in [1.165, 1.54) is 9.80 Å². The molecule has 0 aromatic carbocycles. The summed E-state index contributed by atoms with van der Waals surface area (Å²) < 4.78 is 11.4. The zero-order chi connectivity index (χ0) is 27.6. The van der Waals surface area contributed by atoms with Crippen LogP contribution in [0.15, 0.2) is 0 Å². The molecule has 10 nitrogen and oxygen atoms in total. The summed E-state index contributed by atoms with van der Waals surface area (Å²) in [5.41, 5.74) is -0.979. The Morgan fingerprint density at radius 1 is 0.595 bits per heavy atom. The van der Waals surface area contributed by atoms with Crippen LogP contribution in [0.5, 0.6) is 0 Å². The van der Waals surface area contributed by atoms with E-state index in [1.807, 2.05) is 41.5 Å². The van der Waals surface area contributed by atoms with Crippen LogP contribution < -0.4 is 0 Å². The summed E-state index contributed by atoms with van der Waals surface area (Å²) in [7, 11) is 0. The van der Waals surface area contributed by atoms with Crippen LogP contribution in [0.2, 0.25) is 0 Å². The van der Waals surface area contributed by atoms with E-state index in [0.29, 0.717) is 39.5 Å². The quantitative estimate of drug-likeness (QED) is 0.199. The number of rotatable bonds is 18. The van der Waals surface area contributed by atoms with Crippen LogP contribution in [0.3, 0.4) is 0 Å². The van der Waals surface area contributed by atoms with Gasteiger partial charge >= 0.3 is 12.1 Å². The molecule has 0 spiro atoms. The monoisotopic (exact) mass is 524 g/mol. The standard InChI is InChI=1S/C27H48N4O6/c1-7-28-20-22(32)30(24(28)34)26(3,4)14-9-11-16-36-18-13-19-37-17-12-10-15-27(5,6)31-23(33)21-29(8-2)25(31)35/h7-21H2,1-6H3. The van der Waals surface area contributed by atoms with Gasteiger partial charge in [0, 0.05) is 50.6 Å². The fraction of sp³-hybridized carbons (Fsp3) is 0.852. The fourth-order valence-corrected chi connectivity index (χ4v) is 5.00. The molecule has 10 heteroatoms. The highest BCUT2D eigenvalue weighted by Gasteiger charge is 2.44. The van der Waals surface area contributed by atoms with Gasteiger partial charge in [-0.2, -0.15) is 0 Å². The largest absolute Gasteiger partial charge is 0.381 e. The smallest absolute Gasteiger partial charge is 0.327 e. The van der Waals surface area contributed by atoms with Gasteiger partial charge in [0.1, 0.15) is 13.1 Å². The maximum absolute atomic E-state index is 12.4. The first kappa shape index (κ1) is 31.0. The summed E-state index contributed by atoms with van der Waals surface area (Å²) in [6.45, 7) is 15.6. The molecule has 0 aliphatic carbocycles. The highest BCUT2D eigenvalue weighted by Crippen LogP contribution is 2.28. The molecule has 0 saturated carbocycles. The maximum Gasteiger partial charge on any atom is 0.327 e. The van der Waals surface area contributed by atoms with Crippen molar-refractivity contribution in [2.75, 3.05) is 52.6 Å². The Kier molecular flexibility index (Phi) is 11.8. The van der Waals surface area contributed by atoms with E-state index in [9.17, 15) is 19.2 Å². The molecule has 0 bridgehead atoms. The lowest BCUT2D eigenvalue weighted by Crippen LogP contribution is -2.48. The first-order valence-corrected chi connectivity index (χ1v) is 13.9. The van der Waals surface area contributed by atoms with Crippen molar-refractivity contribution in [1.29, 1.82) is 0 Å². The predicted molar refractivity (Wildman–Crippen MR) is 141 cm³/mol. The second-order valence-electron chi connectivity index (χ2n) is 11.2. The summed E-state index contributed by atoms with van der Waals surface area (Å²) >= 11 is 0. The van der Waals surface area contributed by atoms with Gasteiger partial charge in [-0.1, -0.05) is 0 Å². The summed E-state index contributed by atoms with van der Waals surface area (Å²) in [5.74, 6) is -0.228. The number of hydrogen-bond donors (Lipinski definition) is 0. The first-order valence-electron chi connectivity index (χ1n) is 13.9. The number of hydrogen-bond acceptors (Lipinski definition) is 6. The fourth-order valence-electron chi connectivity index (χ4n) is 5.00. The van der Waals surface area contributed by atoms with Gasteiger partial charge in [-0.25, -0.2) is 9.59 Å².